The lowest BCUT2D eigenvalue weighted by Crippen LogP contribution is -2.57. The number of nitrogens with zero attached hydrogens (tertiary/aromatic N) is 1. The molecule has 20 heavy (non-hydrogen) atoms. The lowest BCUT2D eigenvalue weighted by atomic mass is 9.84. The summed E-state index contributed by atoms with van der Waals surface area (Å²) in [6, 6.07) is 8.26. The van der Waals surface area contributed by atoms with Gasteiger partial charge in [0.05, 0.1) is 0 Å². The van der Waals surface area contributed by atoms with Crippen molar-refractivity contribution in [1.29, 1.82) is 0 Å². The molecule has 106 valence electrons. The maximum absolute atomic E-state index is 12.0. The molecule has 1 atom stereocenters. The number of carbonyl (C=O) groups excluding carboxylic acids is 1. The fourth-order valence-corrected chi connectivity index (χ4v) is 3.56. The number of benzene rings is 1. The van der Waals surface area contributed by atoms with Crippen LogP contribution in [0.1, 0.15) is 18.4 Å². The molecule has 3 aliphatic heterocycles. The van der Waals surface area contributed by atoms with Crippen molar-refractivity contribution in [3.8, 4) is 0 Å². The number of carbonyl (C=O) groups is 1. The summed E-state index contributed by atoms with van der Waals surface area (Å²) in [4.78, 5) is 14.5. The van der Waals surface area contributed by atoms with Crippen molar-refractivity contribution in [3.63, 3.8) is 0 Å². The molecule has 0 saturated carbocycles. The second-order valence-electron chi connectivity index (χ2n) is 5.64. The van der Waals surface area contributed by atoms with Crippen LogP contribution in [0.15, 0.2) is 34.8 Å². The van der Waals surface area contributed by atoms with Gasteiger partial charge < -0.3 is 10.2 Å². The average molecular weight is 335 g/mol. The van der Waals surface area contributed by atoms with E-state index in [1.807, 2.05) is 30.3 Å². The van der Waals surface area contributed by atoms with E-state index in [1.54, 1.807) is 6.08 Å². The lowest BCUT2D eigenvalue weighted by molar-refractivity contribution is -0.118. The number of hydrogen-bond donors (Lipinski definition) is 1. The van der Waals surface area contributed by atoms with E-state index in [-0.39, 0.29) is 5.91 Å². The second-order valence-corrected chi connectivity index (χ2v) is 6.56. The first-order valence-corrected chi connectivity index (χ1v) is 7.96. The van der Waals surface area contributed by atoms with Crippen molar-refractivity contribution >= 4 is 27.9 Å². The lowest BCUT2D eigenvalue weighted by Gasteiger charge is -2.44. The van der Waals surface area contributed by atoms with Crippen molar-refractivity contribution in [2.24, 2.45) is 5.92 Å². The third kappa shape index (κ3) is 3.30. The van der Waals surface area contributed by atoms with E-state index in [1.165, 1.54) is 25.9 Å². The van der Waals surface area contributed by atoms with Crippen LogP contribution in [0.5, 0.6) is 0 Å². The molecular weight excluding hydrogens is 316 g/mol. The topological polar surface area (TPSA) is 32.3 Å². The SMILES string of the molecule is O=C(C=Cc1cccc(Br)c1)N[C@H]1CN2CCC1CC2. The summed E-state index contributed by atoms with van der Waals surface area (Å²) in [5.74, 6) is 0.687. The Bertz CT molecular complexity index is 521. The van der Waals surface area contributed by atoms with Crippen LogP contribution < -0.4 is 5.32 Å². The highest BCUT2D eigenvalue weighted by Gasteiger charge is 2.34. The molecule has 3 aliphatic rings. The molecule has 0 radical (unpaired) electrons. The van der Waals surface area contributed by atoms with Gasteiger partial charge >= 0.3 is 0 Å². The van der Waals surface area contributed by atoms with Gasteiger partial charge in [0.2, 0.25) is 5.91 Å². The monoisotopic (exact) mass is 334 g/mol. The van der Waals surface area contributed by atoms with Crippen LogP contribution in [0.4, 0.5) is 0 Å². The van der Waals surface area contributed by atoms with Crippen LogP contribution in [-0.2, 0) is 4.79 Å². The first-order valence-electron chi connectivity index (χ1n) is 7.17. The van der Waals surface area contributed by atoms with Gasteiger partial charge in [-0.1, -0.05) is 28.1 Å². The van der Waals surface area contributed by atoms with Gasteiger partial charge in [-0.2, -0.15) is 0 Å². The molecule has 3 fully saturated rings. The van der Waals surface area contributed by atoms with Crippen LogP contribution in [-0.4, -0.2) is 36.5 Å². The van der Waals surface area contributed by atoms with E-state index < -0.39 is 0 Å². The fourth-order valence-electron chi connectivity index (χ4n) is 3.14. The molecule has 1 aromatic carbocycles. The summed E-state index contributed by atoms with van der Waals surface area (Å²) < 4.78 is 1.03. The van der Waals surface area contributed by atoms with Gasteiger partial charge in [0.15, 0.2) is 0 Å². The molecule has 1 N–H and O–H groups in total. The number of nitrogens with one attached hydrogen (secondary N) is 1. The summed E-state index contributed by atoms with van der Waals surface area (Å²) in [5, 5.41) is 3.16. The Morgan fingerprint density at radius 3 is 2.80 bits per heavy atom. The largest absolute Gasteiger partial charge is 0.348 e. The zero-order chi connectivity index (χ0) is 13.9. The van der Waals surface area contributed by atoms with Crippen LogP contribution >= 0.6 is 15.9 Å². The van der Waals surface area contributed by atoms with Gasteiger partial charge in [0, 0.05) is 23.1 Å². The Morgan fingerprint density at radius 1 is 1.35 bits per heavy atom. The highest BCUT2D eigenvalue weighted by Crippen LogP contribution is 2.27. The number of hydrogen-bond acceptors (Lipinski definition) is 2. The number of fused-ring (bicyclic) bond motifs is 3. The highest BCUT2D eigenvalue weighted by molar-refractivity contribution is 9.10. The van der Waals surface area contributed by atoms with Crippen molar-refractivity contribution in [3.05, 3.63) is 40.4 Å². The van der Waals surface area contributed by atoms with Gasteiger partial charge in [0.1, 0.15) is 0 Å². The molecule has 1 aromatic rings. The molecule has 4 heteroatoms. The first kappa shape index (κ1) is 13.8. The van der Waals surface area contributed by atoms with E-state index in [9.17, 15) is 4.79 Å². The number of halogens is 1. The fraction of sp³-hybridized carbons (Fsp3) is 0.438. The minimum Gasteiger partial charge on any atom is -0.348 e. The van der Waals surface area contributed by atoms with Crippen molar-refractivity contribution in [2.45, 2.75) is 18.9 Å². The zero-order valence-corrected chi connectivity index (χ0v) is 13.0. The Balaban J connectivity index is 1.57. The number of rotatable bonds is 3. The Kier molecular flexibility index (Phi) is 4.22. The molecule has 3 nitrogen and oxygen atoms in total. The average Bonchev–Trinajstić information content (AvgIpc) is 2.46. The molecule has 4 rings (SSSR count). The van der Waals surface area contributed by atoms with E-state index in [0.29, 0.717) is 12.0 Å². The maximum Gasteiger partial charge on any atom is 0.244 e. The standard InChI is InChI=1S/C16H19BrN2O/c17-14-3-1-2-12(10-14)4-5-16(20)18-15-11-19-8-6-13(15)7-9-19/h1-5,10,13,15H,6-9,11H2,(H,18,20)/t15-/m0/s1. The third-order valence-corrected chi connectivity index (χ3v) is 4.75. The summed E-state index contributed by atoms with van der Waals surface area (Å²) in [6.07, 6.45) is 5.95. The third-order valence-electron chi connectivity index (χ3n) is 4.26. The molecule has 3 heterocycles. The Labute approximate surface area is 128 Å². The van der Waals surface area contributed by atoms with Crippen molar-refractivity contribution < 1.29 is 4.79 Å². The predicted octanol–water partition coefficient (Wildman–Crippen LogP) is 2.67. The quantitative estimate of drug-likeness (QED) is 0.862. The Morgan fingerprint density at radius 2 is 2.15 bits per heavy atom. The summed E-state index contributed by atoms with van der Waals surface area (Å²) >= 11 is 3.43. The number of amides is 1. The van der Waals surface area contributed by atoms with Crippen LogP contribution in [0.25, 0.3) is 6.08 Å². The minimum absolute atomic E-state index is 0.0173. The molecular formula is C16H19BrN2O. The molecule has 1 amide bonds. The van der Waals surface area contributed by atoms with Gasteiger partial charge in [0.25, 0.3) is 0 Å². The van der Waals surface area contributed by atoms with E-state index in [4.69, 9.17) is 0 Å². The van der Waals surface area contributed by atoms with E-state index in [0.717, 1.165) is 16.6 Å². The predicted molar refractivity (Wildman–Crippen MR) is 84.3 cm³/mol. The normalized spacial score (nSPS) is 28.8. The van der Waals surface area contributed by atoms with E-state index >= 15 is 0 Å². The summed E-state index contributed by atoms with van der Waals surface area (Å²) in [7, 11) is 0. The van der Waals surface area contributed by atoms with Gasteiger partial charge in [-0.05, 0) is 55.6 Å². The summed E-state index contributed by atoms with van der Waals surface area (Å²) in [6.45, 7) is 3.41. The van der Waals surface area contributed by atoms with Crippen LogP contribution in [0, 0.1) is 5.92 Å². The van der Waals surface area contributed by atoms with Crippen LogP contribution in [0.3, 0.4) is 0 Å². The molecule has 0 unspecified atom stereocenters. The molecule has 0 spiro atoms. The van der Waals surface area contributed by atoms with Gasteiger partial charge in [-0.25, -0.2) is 0 Å². The first-order chi connectivity index (χ1) is 9.70. The summed E-state index contributed by atoms with van der Waals surface area (Å²) in [5.41, 5.74) is 1.03. The van der Waals surface area contributed by atoms with Crippen molar-refractivity contribution in [2.75, 3.05) is 19.6 Å². The molecule has 0 aliphatic carbocycles. The van der Waals surface area contributed by atoms with Crippen LogP contribution in [0.2, 0.25) is 0 Å². The number of piperidine rings is 3. The van der Waals surface area contributed by atoms with Gasteiger partial charge in [-0.15, -0.1) is 0 Å². The minimum atomic E-state index is 0.0173. The molecule has 0 aromatic heterocycles. The second kappa shape index (κ2) is 6.10. The zero-order valence-electron chi connectivity index (χ0n) is 11.4. The van der Waals surface area contributed by atoms with Gasteiger partial charge in [-0.3, -0.25) is 4.79 Å². The highest BCUT2D eigenvalue weighted by atomic mass is 79.9. The Hall–Kier alpha value is -1.13. The van der Waals surface area contributed by atoms with Crippen molar-refractivity contribution in [1.82, 2.24) is 10.2 Å². The molecule has 3 saturated heterocycles. The smallest absolute Gasteiger partial charge is 0.244 e. The molecule has 2 bridgehead atoms. The maximum atomic E-state index is 12.0. The van der Waals surface area contributed by atoms with E-state index in [2.05, 4.69) is 26.1 Å².